The maximum atomic E-state index is 5.09. The van der Waals surface area contributed by atoms with E-state index in [1.165, 1.54) is 37.7 Å². The maximum absolute atomic E-state index is 5.09. The molecule has 1 atom stereocenters. The summed E-state index contributed by atoms with van der Waals surface area (Å²) in [5, 5.41) is 0. The van der Waals surface area contributed by atoms with E-state index in [1.807, 2.05) is 6.08 Å². The van der Waals surface area contributed by atoms with E-state index in [0.717, 1.165) is 12.3 Å². The van der Waals surface area contributed by atoms with Crippen LogP contribution in [0.25, 0.3) is 0 Å². The van der Waals surface area contributed by atoms with Gasteiger partial charge in [0.05, 0.1) is 0 Å². The molecule has 0 fully saturated rings. The molecule has 1 unspecified atom stereocenters. The van der Waals surface area contributed by atoms with Crippen LogP contribution < -0.4 is 5.73 Å². The van der Waals surface area contributed by atoms with Crippen LogP contribution in [0, 0.1) is 0 Å². The number of hydrogen-bond donors (Lipinski definition) is 1. The maximum Gasteiger partial charge on any atom is -0.0103 e. The van der Waals surface area contributed by atoms with Crippen molar-refractivity contribution in [3.05, 3.63) is 48.2 Å². The van der Waals surface area contributed by atoms with Crippen LogP contribution in [-0.2, 0) is 0 Å². The zero-order chi connectivity index (χ0) is 14.3. The number of allylic oxidation sites excluding steroid dienone is 1. The molecule has 0 aliphatic heterocycles. The van der Waals surface area contributed by atoms with Crippen molar-refractivity contribution in [2.24, 2.45) is 5.73 Å². The van der Waals surface area contributed by atoms with Crippen molar-refractivity contribution in [2.45, 2.75) is 65.2 Å². The molecule has 0 aromatic heterocycles. The van der Waals surface area contributed by atoms with Gasteiger partial charge in [-0.2, -0.15) is 0 Å². The molecule has 108 valence electrons. The van der Waals surface area contributed by atoms with Gasteiger partial charge >= 0.3 is 0 Å². The normalized spacial score (nSPS) is 11.9. The number of hydrogen-bond acceptors (Lipinski definition) is 1. The Morgan fingerprint density at radius 2 is 1.68 bits per heavy atom. The summed E-state index contributed by atoms with van der Waals surface area (Å²) in [6, 6.07) is 10.8. The van der Waals surface area contributed by atoms with Crippen molar-refractivity contribution in [1.82, 2.24) is 0 Å². The molecule has 0 bridgehead atoms. The second-order valence-electron chi connectivity index (χ2n) is 5.02. The molecule has 1 rings (SSSR count). The van der Waals surface area contributed by atoms with Crippen molar-refractivity contribution in [3.63, 3.8) is 0 Å². The molecule has 0 heterocycles. The first-order valence-electron chi connectivity index (χ1n) is 7.67. The molecule has 0 spiro atoms. The molecule has 0 saturated carbocycles. The van der Waals surface area contributed by atoms with Gasteiger partial charge in [-0.25, -0.2) is 0 Å². The first-order chi connectivity index (χ1) is 9.26. The van der Waals surface area contributed by atoms with Gasteiger partial charge in [-0.15, -0.1) is 0 Å². The van der Waals surface area contributed by atoms with Crippen molar-refractivity contribution >= 4 is 0 Å². The molecule has 0 aliphatic rings. The molecule has 1 aromatic rings. The Balaban J connectivity index is 0.000000399. The van der Waals surface area contributed by atoms with Gasteiger partial charge in [0.25, 0.3) is 0 Å². The number of benzene rings is 1. The third kappa shape index (κ3) is 10.4. The summed E-state index contributed by atoms with van der Waals surface area (Å²) in [4.78, 5) is 0. The minimum atomic E-state index is 0.728. The van der Waals surface area contributed by atoms with Crippen LogP contribution in [0.1, 0.15) is 70.8 Å². The fourth-order valence-corrected chi connectivity index (χ4v) is 1.88. The Hall–Kier alpha value is -1.24. The standard InChI is InChI=1S/C12H18.C6H13N/c1-3-4-8-11(2)12-9-6-5-7-10-12;1-2-3-4-5-6-7/h5-7,9-11H,3-4,8H2,1-2H3;5-6H,2-4,7H2,1H3. The van der Waals surface area contributed by atoms with Gasteiger partial charge in [0.2, 0.25) is 0 Å². The summed E-state index contributed by atoms with van der Waals surface area (Å²) >= 11 is 0. The highest BCUT2D eigenvalue weighted by atomic mass is 14.5. The summed E-state index contributed by atoms with van der Waals surface area (Å²) in [7, 11) is 0. The second-order valence-corrected chi connectivity index (χ2v) is 5.02. The minimum Gasteiger partial charge on any atom is -0.405 e. The van der Waals surface area contributed by atoms with E-state index in [4.69, 9.17) is 5.73 Å². The number of rotatable bonds is 7. The highest BCUT2D eigenvalue weighted by Gasteiger charge is 2.02. The predicted molar refractivity (Wildman–Crippen MR) is 87.2 cm³/mol. The fraction of sp³-hybridized carbons (Fsp3) is 0.556. The Morgan fingerprint density at radius 1 is 1.05 bits per heavy atom. The molecule has 2 N–H and O–H groups in total. The first kappa shape index (κ1) is 17.8. The summed E-state index contributed by atoms with van der Waals surface area (Å²) < 4.78 is 0. The topological polar surface area (TPSA) is 26.0 Å². The van der Waals surface area contributed by atoms with Crippen LogP contribution in [-0.4, -0.2) is 0 Å². The van der Waals surface area contributed by atoms with E-state index in [0.29, 0.717) is 0 Å². The Bertz CT molecular complexity index is 303. The quantitative estimate of drug-likeness (QED) is 0.632. The molecule has 19 heavy (non-hydrogen) atoms. The lowest BCUT2D eigenvalue weighted by molar-refractivity contribution is 0.624. The molecule has 0 aliphatic carbocycles. The molecule has 1 heteroatoms. The predicted octanol–water partition coefficient (Wildman–Crippen LogP) is 5.63. The molecular formula is C18H31N. The van der Waals surface area contributed by atoms with E-state index in [2.05, 4.69) is 51.1 Å². The van der Waals surface area contributed by atoms with Crippen LogP contribution in [0.5, 0.6) is 0 Å². The number of unbranched alkanes of at least 4 members (excludes halogenated alkanes) is 3. The lowest BCUT2D eigenvalue weighted by Gasteiger charge is -2.10. The molecule has 0 radical (unpaired) electrons. The van der Waals surface area contributed by atoms with Gasteiger partial charge in [0.15, 0.2) is 0 Å². The van der Waals surface area contributed by atoms with Crippen molar-refractivity contribution < 1.29 is 0 Å². The fourth-order valence-electron chi connectivity index (χ4n) is 1.88. The molecule has 1 nitrogen and oxygen atoms in total. The van der Waals surface area contributed by atoms with Gasteiger partial charge in [0.1, 0.15) is 0 Å². The smallest absolute Gasteiger partial charge is 0.0103 e. The van der Waals surface area contributed by atoms with E-state index >= 15 is 0 Å². The van der Waals surface area contributed by atoms with Crippen LogP contribution in [0.15, 0.2) is 42.6 Å². The highest BCUT2D eigenvalue weighted by Crippen LogP contribution is 2.20. The highest BCUT2D eigenvalue weighted by molar-refractivity contribution is 5.18. The summed E-state index contributed by atoms with van der Waals surface area (Å²) in [5.41, 5.74) is 6.57. The van der Waals surface area contributed by atoms with E-state index in [1.54, 1.807) is 6.20 Å². The van der Waals surface area contributed by atoms with Crippen molar-refractivity contribution in [3.8, 4) is 0 Å². The van der Waals surface area contributed by atoms with E-state index < -0.39 is 0 Å². The van der Waals surface area contributed by atoms with Gasteiger partial charge in [-0.05, 0) is 30.5 Å². The van der Waals surface area contributed by atoms with Crippen LogP contribution in [0.4, 0.5) is 0 Å². The van der Waals surface area contributed by atoms with Gasteiger partial charge < -0.3 is 5.73 Å². The van der Waals surface area contributed by atoms with Crippen LogP contribution >= 0.6 is 0 Å². The summed E-state index contributed by atoms with van der Waals surface area (Å²) in [5.74, 6) is 0.728. The largest absolute Gasteiger partial charge is 0.405 e. The van der Waals surface area contributed by atoms with E-state index in [-0.39, 0.29) is 0 Å². The zero-order valence-electron chi connectivity index (χ0n) is 12.9. The Morgan fingerprint density at radius 3 is 2.21 bits per heavy atom. The molecule has 0 saturated heterocycles. The Kier molecular flexibility index (Phi) is 12.3. The van der Waals surface area contributed by atoms with Crippen molar-refractivity contribution in [1.29, 1.82) is 0 Å². The SMILES string of the molecule is CCCCC(C)c1ccccc1.CCCCC=CN. The monoisotopic (exact) mass is 261 g/mol. The second kappa shape index (κ2) is 13.2. The molecule has 0 amide bonds. The third-order valence-corrected chi connectivity index (χ3v) is 3.22. The minimum absolute atomic E-state index is 0.728. The van der Waals surface area contributed by atoms with E-state index in [9.17, 15) is 0 Å². The average Bonchev–Trinajstić information content (AvgIpc) is 2.47. The Labute approximate surface area is 119 Å². The molecule has 1 aromatic carbocycles. The lowest BCUT2D eigenvalue weighted by Crippen LogP contribution is -1.92. The van der Waals surface area contributed by atoms with Gasteiger partial charge in [-0.3, -0.25) is 0 Å². The lowest BCUT2D eigenvalue weighted by atomic mass is 9.96. The average molecular weight is 261 g/mol. The first-order valence-corrected chi connectivity index (χ1v) is 7.67. The van der Waals surface area contributed by atoms with Crippen LogP contribution in [0.3, 0.4) is 0 Å². The van der Waals surface area contributed by atoms with Gasteiger partial charge in [-0.1, -0.05) is 82.9 Å². The summed E-state index contributed by atoms with van der Waals surface area (Å²) in [6.45, 7) is 6.73. The number of nitrogens with two attached hydrogens (primary N) is 1. The van der Waals surface area contributed by atoms with Crippen molar-refractivity contribution in [2.75, 3.05) is 0 Å². The van der Waals surface area contributed by atoms with Crippen LogP contribution in [0.2, 0.25) is 0 Å². The third-order valence-electron chi connectivity index (χ3n) is 3.22. The summed E-state index contributed by atoms with van der Waals surface area (Å²) in [6.07, 6.45) is 11.2. The zero-order valence-corrected chi connectivity index (χ0v) is 12.9. The van der Waals surface area contributed by atoms with Gasteiger partial charge in [0, 0.05) is 0 Å². The molecular weight excluding hydrogens is 230 g/mol.